The summed E-state index contributed by atoms with van der Waals surface area (Å²) in [5, 5.41) is 8.91. The van der Waals surface area contributed by atoms with Gasteiger partial charge in [-0.2, -0.15) is 0 Å². The van der Waals surface area contributed by atoms with Gasteiger partial charge in [0.15, 0.2) is 0 Å². The number of benzene rings is 1. The predicted octanol–water partition coefficient (Wildman–Crippen LogP) is 2.11. The Morgan fingerprint density at radius 2 is 2.06 bits per heavy atom. The first-order valence-corrected chi connectivity index (χ1v) is 5.80. The van der Waals surface area contributed by atoms with Crippen molar-refractivity contribution in [1.82, 2.24) is 0 Å². The summed E-state index contributed by atoms with van der Waals surface area (Å²) in [7, 11) is 0. The van der Waals surface area contributed by atoms with Crippen molar-refractivity contribution < 1.29 is 19.4 Å². The number of hydrogen-bond acceptors (Lipinski definition) is 3. The van der Waals surface area contributed by atoms with Crippen LogP contribution in [-0.4, -0.2) is 30.3 Å². The van der Waals surface area contributed by atoms with Gasteiger partial charge in [-0.3, -0.25) is 9.69 Å². The first-order valence-electron chi connectivity index (χ1n) is 5.00. The highest BCUT2D eigenvalue weighted by Gasteiger charge is 2.32. The van der Waals surface area contributed by atoms with Gasteiger partial charge in [0.2, 0.25) is 0 Å². The van der Waals surface area contributed by atoms with Crippen molar-refractivity contribution in [2.45, 2.75) is 0 Å². The van der Waals surface area contributed by atoms with Gasteiger partial charge in [-0.1, -0.05) is 15.9 Å². The summed E-state index contributed by atoms with van der Waals surface area (Å²) in [6.07, 6.45) is -0.509. The van der Waals surface area contributed by atoms with Crippen molar-refractivity contribution in [2.75, 3.05) is 18.1 Å². The summed E-state index contributed by atoms with van der Waals surface area (Å²) in [4.78, 5) is 23.7. The Kier molecular flexibility index (Phi) is 3.33. The van der Waals surface area contributed by atoms with Crippen LogP contribution in [0.25, 0.3) is 0 Å². The first kappa shape index (κ1) is 11.9. The molecule has 90 valence electrons. The number of carbonyl (C=O) groups is 2. The van der Waals surface area contributed by atoms with E-state index in [4.69, 9.17) is 9.84 Å². The van der Waals surface area contributed by atoms with Crippen LogP contribution in [0.2, 0.25) is 0 Å². The normalized spacial score (nSPS) is 19.9. The fraction of sp³-hybridized carbons (Fsp3) is 0.273. The Balaban J connectivity index is 2.20. The van der Waals surface area contributed by atoms with Gasteiger partial charge in [0, 0.05) is 16.7 Å². The molecule has 2 rings (SSSR count). The number of aliphatic carboxylic acids is 1. The molecule has 0 aliphatic carbocycles. The number of ether oxygens (including phenoxy) is 1. The van der Waals surface area contributed by atoms with Crippen molar-refractivity contribution in [3.8, 4) is 0 Å². The molecule has 1 unspecified atom stereocenters. The Hall–Kier alpha value is -1.56. The molecular formula is C11H10BrNO4. The van der Waals surface area contributed by atoms with Gasteiger partial charge in [-0.05, 0) is 24.3 Å². The average Bonchev–Trinajstić information content (AvgIpc) is 2.31. The molecule has 1 aliphatic heterocycles. The Bertz CT molecular complexity index is 445. The molecule has 0 radical (unpaired) electrons. The fourth-order valence-corrected chi connectivity index (χ4v) is 1.84. The number of amides is 1. The lowest BCUT2D eigenvalue weighted by molar-refractivity contribution is -0.143. The summed E-state index contributed by atoms with van der Waals surface area (Å²) < 4.78 is 5.73. The Morgan fingerprint density at radius 1 is 1.41 bits per heavy atom. The molecule has 0 spiro atoms. The first-order chi connectivity index (χ1) is 8.08. The maximum absolute atomic E-state index is 11.5. The molecule has 0 bridgehead atoms. The molecule has 1 amide bonds. The number of cyclic esters (lactones) is 1. The van der Waals surface area contributed by atoms with E-state index in [9.17, 15) is 9.59 Å². The van der Waals surface area contributed by atoms with Crippen LogP contribution in [0.5, 0.6) is 0 Å². The highest BCUT2D eigenvalue weighted by atomic mass is 79.9. The molecule has 1 N–H and O–H groups in total. The van der Waals surface area contributed by atoms with Crippen LogP contribution in [-0.2, 0) is 9.53 Å². The lowest BCUT2D eigenvalue weighted by Crippen LogP contribution is -2.45. The smallest absolute Gasteiger partial charge is 0.414 e. The van der Waals surface area contributed by atoms with Crippen LogP contribution in [0.1, 0.15) is 0 Å². The highest BCUT2D eigenvalue weighted by molar-refractivity contribution is 9.10. The molecule has 1 saturated heterocycles. The van der Waals surface area contributed by atoms with Crippen molar-refractivity contribution >= 4 is 33.7 Å². The topological polar surface area (TPSA) is 66.8 Å². The lowest BCUT2D eigenvalue weighted by atomic mass is 10.1. The largest absolute Gasteiger partial charge is 0.481 e. The van der Waals surface area contributed by atoms with Gasteiger partial charge in [-0.15, -0.1) is 0 Å². The lowest BCUT2D eigenvalue weighted by Gasteiger charge is -2.30. The van der Waals surface area contributed by atoms with Crippen LogP contribution in [0.4, 0.5) is 10.5 Å². The van der Waals surface area contributed by atoms with E-state index in [1.807, 2.05) is 0 Å². The van der Waals surface area contributed by atoms with E-state index in [-0.39, 0.29) is 13.2 Å². The van der Waals surface area contributed by atoms with Crippen LogP contribution >= 0.6 is 15.9 Å². The van der Waals surface area contributed by atoms with E-state index in [1.165, 1.54) is 4.90 Å². The fourth-order valence-electron chi connectivity index (χ4n) is 1.58. The Morgan fingerprint density at radius 3 is 2.65 bits per heavy atom. The molecule has 17 heavy (non-hydrogen) atoms. The quantitative estimate of drug-likeness (QED) is 0.908. The second-order valence-corrected chi connectivity index (χ2v) is 4.61. The second-order valence-electron chi connectivity index (χ2n) is 3.70. The molecule has 1 atom stereocenters. The van der Waals surface area contributed by atoms with Gasteiger partial charge in [0.05, 0.1) is 0 Å². The summed E-state index contributed by atoms with van der Waals surface area (Å²) >= 11 is 3.29. The molecule has 1 fully saturated rings. The van der Waals surface area contributed by atoms with Crippen LogP contribution < -0.4 is 4.90 Å². The van der Waals surface area contributed by atoms with E-state index in [2.05, 4.69) is 15.9 Å². The van der Waals surface area contributed by atoms with Gasteiger partial charge in [0.25, 0.3) is 0 Å². The SMILES string of the molecule is O=C(O)C1COC(=O)N(c2ccc(Br)cc2)C1. The third-order valence-electron chi connectivity index (χ3n) is 2.52. The van der Waals surface area contributed by atoms with Crippen molar-refractivity contribution in [1.29, 1.82) is 0 Å². The summed E-state index contributed by atoms with van der Waals surface area (Å²) in [5.41, 5.74) is 0.629. The second kappa shape index (κ2) is 4.75. The monoisotopic (exact) mass is 299 g/mol. The Labute approximate surface area is 106 Å². The molecule has 1 aliphatic rings. The third-order valence-corrected chi connectivity index (χ3v) is 3.05. The summed E-state index contributed by atoms with van der Waals surface area (Å²) in [6.45, 7) is 0.0665. The minimum absolute atomic E-state index is 0.0683. The third kappa shape index (κ3) is 2.58. The van der Waals surface area contributed by atoms with Crippen molar-refractivity contribution in [2.24, 2.45) is 5.92 Å². The zero-order chi connectivity index (χ0) is 12.4. The van der Waals surface area contributed by atoms with Crippen molar-refractivity contribution in [3.63, 3.8) is 0 Å². The number of carboxylic acid groups (broad SMARTS) is 1. The zero-order valence-electron chi connectivity index (χ0n) is 8.80. The van der Waals surface area contributed by atoms with E-state index < -0.39 is 18.0 Å². The molecular weight excluding hydrogens is 290 g/mol. The molecule has 0 saturated carbocycles. The minimum atomic E-state index is -0.959. The number of carbonyl (C=O) groups excluding carboxylic acids is 1. The van der Waals surface area contributed by atoms with Gasteiger partial charge >= 0.3 is 12.1 Å². The predicted molar refractivity (Wildman–Crippen MR) is 64.0 cm³/mol. The van der Waals surface area contributed by atoms with Gasteiger partial charge in [-0.25, -0.2) is 4.79 Å². The van der Waals surface area contributed by atoms with E-state index in [0.29, 0.717) is 5.69 Å². The van der Waals surface area contributed by atoms with E-state index in [1.54, 1.807) is 24.3 Å². The number of carboxylic acids is 1. The number of rotatable bonds is 2. The van der Waals surface area contributed by atoms with Gasteiger partial charge < -0.3 is 9.84 Å². The number of halogens is 1. The van der Waals surface area contributed by atoms with E-state index in [0.717, 1.165) is 4.47 Å². The van der Waals surface area contributed by atoms with Crippen molar-refractivity contribution in [3.05, 3.63) is 28.7 Å². The van der Waals surface area contributed by atoms with Crippen LogP contribution in [0.3, 0.4) is 0 Å². The van der Waals surface area contributed by atoms with E-state index >= 15 is 0 Å². The van der Waals surface area contributed by atoms with Crippen LogP contribution in [0.15, 0.2) is 28.7 Å². The molecule has 5 nitrogen and oxygen atoms in total. The summed E-state index contributed by atoms with van der Waals surface area (Å²) in [5.74, 6) is -1.64. The highest BCUT2D eigenvalue weighted by Crippen LogP contribution is 2.23. The molecule has 6 heteroatoms. The molecule has 1 heterocycles. The minimum Gasteiger partial charge on any atom is -0.481 e. The standard InChI is InChI=1S/C11H10BrNO4/c12-8-1-3-9(4-2-8)13-5-7(10(14)15)6-17-11(13)16/h1-4,7H,5-6H2,(H,14,15). The number of anilines is 1. The maximum atomic E-state index is 11.5. The maximum Gasteiger partial charge on any atom is 0.414 e. The molecule has 1 aromatic rings. The average molecular weight is 300 g/mol. The van der Waals surface area contributed by atoms with Gasteiger partial charge in [0.1, 0.15) is 12.5 Å². The zero-order valence-corrected chi connectivity index (χ0v) is 10.4. The molecule has 0 aromatic heterocycles. The number of hydrogen-bond donors (Lipinski definition) is 1. The van der Waals surface area contributed by atoms with Crippen LogP contribution in [0, 0.1) is 5.92 Å². The number of nitrogens with zero attached hydrogens (tertiary/aromatic N) is 1. The summed E-state index contributed by atoms with van der Waals surface area (Å²) in [6, 6.07) is 7.03. The molecule has 1 aromatic carbocycles.